The Balaban J connectivity index is 1.75. The van der Waals surface area contributed by atoms with Crippen molar-refractivity contribution in [1.82, 2.24) is 14.9 Å². The van der Waals surface area contributed by atoms with E-state index in [1.54, 1.807) is 26.2 Å². The Bertz CT molecular complexity index is 1320. The van der Waals surface area contributed by atoms with E-state index in [1.165, 1.54) is 0 Å². The topological polar surface area (TPSA) is 99.2 Å². The average molecular weight is 418 g/mol. The van der Waals surface area contributed by atoms with Gasteiger partial charge in [0, 0.05) is 11.3 Å². The lowest BCUT2D eigenvalue weighted by Crippen LogP contribution is -2.30. The lowest BCUT2D eigenvalue weighted by Gasteiger charge is -2.13. The number of aryl methyl sites for hydroxylation is 3. The zero-order chi connectivity index (χ0) is 22.1. The molecule has 0 bridgehead atoms. The lowest BCUT2D eigenvalue weighted by molar-refractivity contribution is -0.117. The smallest absolute Gasteiger partial charge is 0.297 e. The Kier molecular flexibility index (Phi) is 5.29. The number of ether oxygens (including phenoxy) is 1. The molecular weight excluding hydrogens is 396 g/mol. The van der Waals surface area contributed by atoms with Gasteiger partial charge in [-0.2, -0.15) is 5.10 Å². The van der Waals surface area contributed by atoms with Gasteiger partial charge < -0.3 is 14.6 Å². The van der Waals surface area contributed by atoms with Crippen LogP contribution >= 0.6 is 0 Å². The fraction of sp³-hybridized carbons (Fsp3) is 0.217. The number of aromatic nitrogens is 3. The number of fused-ring (bicyclic) bond motifs is 1. The van der Waals surface area contributed by atoms with Crippen LogP contribution in [0, 0.1) is 20.8 Å². The Morgan fingerprint density at radius 1 is 1.10 bits per heavy atom. The molecule has 0 aliphatic carbocycles. The Morgan fingerprint density at radius 2 is 1.77 bits per heavy atom. The van der Waals surface area contributed by atoms with Crippen LogP contribution in [-0.4, -0.2) is 28.0 Å². The highest BCUT2D eigenvalue weighted by Crippen LogP contribution is 2.28. The summed E-state index contributed by atoms with van der Waals surface area (Å²) in [5.74, 6) is 0.827. The lowest BCUT2D eigenvalue weighted by atomic mass is 10.1. The van der Waals surface area contributed by atoms with Crippen molar-refractivity contribution in [2.75, 3.05) is 12.4 Å². The van der Waals surface area contributed by atoms with Gasteiger partial charge in [-0.05, 0) is 56.2 Å². The highest BCUT2D eigenvalue weighted by molar-refractivity contribution is 5.94. The van der Waals surface area contributed by atoms with E-state index in [1.807, 2.05) is 44.2 Å². The van der Waals surface area contributed by atoms with Gasteiger partial charge in [0.15, 0.2) is 5.52 Å². The molecule has 8 nitrogen and oxygen atoms in total. The second kappa shape index (κ2) is 8.06. The van der Waals surface area contributed by atoms with Crippen LogP contribution in [0.15, 0.2) is 51.8 Å². The number of carbonyl (C=O) groups is 1. The number of nitrogens with one attached hydrogen (secondary N) is 1. The van der Waals surface area contributed by atoms with Gasteiger partial charge in [-0.15, -0.1) is 0 Å². The number of rotatable bonds is 5. The van der Waals surface area contributed by atoms with Crippen molar-refractivity contribution in [3.8, 4) is 17.0 Å². The number of methoxy groups -OCH3 is 1. The van der Waals surface area contributed by atoms with Crippen molar-refractivity contribution in [2.45, 2.75) is 27.3 Å². The molecule has 0 saturated carbocycles. The summed E-state index contributed by atoms with van der Waals surface area (Å²) in [5, 5.41) is 11.8. The molecule has 0 radical (unpaired) electrons. The van der Waals surface area contributed by atoms with Gasteiger partial charge in [0.1, 0.15) is 23.7 Å². The summed E-state index contributed by atoms with van der Waals surface area (Å²) in [7, 11) is 1.59. The number of carbonyl (C=O) groups excluding carboxylic acids is 1. The molecule has 4 aromatic rings. The summed E-state index contributed by atoms with van der Waals surface area (Å²) in [6, 6.07) is 13.0. The molecule has 158 valence electrons. The third-order valence-corrected chi connectivity index (χ3v) is 5.16. The number of hydrogen-bond acceptors (Lipinski definition) is 6. The molecule has 1 amide bonds. The Hall–Kier alpha value is -3.94. The van der Waals surface area contributed by atoms with E-state index in [-0.39, 0.29) is 18.0 Å². The third kappa shape index (κ3) is 3.79. The van der Waals surface area contributed by atoms with Gasteiger partial charge in [-0.25, -0.2) is 4.68 Å². The Morgan fingerprint density at radius 3 is 2.42 bits per heavy atom. The van der Waals surface area contributed by atoms with Gasteiger partial charge >= 0.3 is 0 Å². The van der Waals surface area contributed by atoms with Crippen molar-refractivity contribution < 1.29 is 14.1 Å². The normalized spacial score (nSPS) is 11.0. The molecule has 1 N–H and O–H groups in total. The summed E-state index contributed by atoms with van der Waals surface area (Å²) < 4.78 is 11.6. The highest BCUT2D eigenvalue weighted by atomic mass is 16.5. The largest absolute Gasteiger partial charge is 0.497 e. The van der Waals surface area contributed by atoms with E-state index >= 15 is 0 Å². The molecule has 2 aromatic carbocycles. The number of anilines is 1. The molecule has 4 rings (SSSR count). The van der Waals surface area contributed by atoms with E-state index in [0.29, 0.717) is 22.6 Å². The van der Waals surface area contributed by atoms with Crippen molar-refractivity contribution in [3.05, 3.63) is 69.7 Å². The van der Waals surface area contributed by atoms with E-state index in [4.69, 9.17) is 9.26 Å². The molecule has 0 atom stereocenters. The predicted molar refractivity (Wildman–Crippen MR) is 117 cm³/mol. The third-order valence-electron chi connectivity index (χ3n) is 5.16. The molecule has 0 aliphatic heterocycles. The number of para-hydroxylation sites is 1. The molecule has 0 saturated heterocycles. The van der Waals surface area contributed by atoms with Crippen molar-refractivity contribution in [3.63, 3.8) is 0 Å². The zero-order valence-electron chi connectivity index (χ0n) is 17.7. The van der Waals surface area contributed by atoms with Gasteiger partial charge in [-0.1, -0.05) is 23.4 Å². The minimum absolute atomic E-state index is 0.137. The number of amides is 1. The van der Waals surface area contributed by atoms with Gasteiger partial charge in [-0.3, -0.25) is 9.59 Å². The van der Waals surface area contributed by atoms with Crippen LogP contribution in [0.1, 0.15) is 16.9 Å². The molecule has 0 unspecified atom stereocenters. The number of hydrogen-bond donors (Lipinski definition) is 1. The maximum atomic E-state index is 12.9. The summed E-state index contributed by atoms with van der Waals surface area (Å²) in [5.41, 5.74) is 3.52. The van der Waals surface area contributed by atoms with Crippen molar-refractivity contribution in [2.24, 2.45) is 0 Å². The van der Waals surface area contributed by atoms with Gasteiger partial charge in [0.05, 0.1) is 12.5 Å². The van der Waals surface area contributed by atoms with Gasteiger partial charge in [0.25, 0.3) is 5.56 Å². The van der Waals surface area contributed by atoms with Crippen LogP contribution < -0.4 is 15.6 Å². The van der Waals surface area contributed by atoms with Crippen LogP contribution in [0.2, 0.25) is 0 Å². The second-order valence-electron chi connectivity index (χ2n) is 7.32. The summed E-state index contributed by atoms with van der Waals surface area (Å²) in [6.07, 6.45) is 0. The van der Waals surface area contributed by atoms with Crippen molar-refractivity contribution in [1.29, 1.82) is 0 Å². The quantitative estimate of drug-likeness (QED) is 0.531. The minimum atomic E-state index is -0.485. The minimum Gasteiger partial charge on any atom is -0.497 e. The first-order valence-electron chi connectivity index (χ1n) is 9.76. The number of benzene rings is 2. The van der Waals surface area contributed by atoms with E-state index in [0.717, 1.165) is 27.1 Å². The van der Waals surface area contributed by atoms with E-state index in [2.05, 4.69) is 15.6 Å². The average Bonchev–Trinajstić information content (AvgIpc) is 3.15. The second-order valence-corrected chi connectivity index (χ2v) is 7.32. The van der Waals surface area contributed by atoms with Gasteiger partial charge in [0.2, 0.25) is 5.91 Å². The van der Waals surface area contributed by atoms with Crippen molar-refractivity contribution >= 4 is 22.5 Å². The maximum Gasteiger partial charge on any atom is 0.297 e. The summed E-state index contributed by atoms with van der Waals surface area (Å²) >= 11 is 0. The summed E-state index contributed by atoms with van der Waals surface area (Å²) in [6.45, 7) is 5.30. The fourth-order valence-corrected chi connectivity index (χ4v) is 3.52. The monoisotopic (exact) mass is 418 g/mol. The first kappa shape index (κ1) is 20.3. The maximum absolute atomic E-state index is 12.9. The molecular formula is C23H22N4O4. The van der Waals surface area contributed by atoms with Crippen LogP contribution in [0.25, 0.3) is 22.2 Å². The molecule has 2 aromatic heterocycles. The molecule has 0 aliphatic rings. The van der Waals surface area contributed by atoms with E-state index in [9.17, 15) is 9.59 Å². The fourth-order valence-electron chi connectivity index (χ4n) is 3.52. The van der Waals surface area contributed by atoms with E-state index < -0.39 is 5.56 Å². The predicted octanol–water partition coefficient (Wildman–Crippen LogP) is 3.62. The molecule has 31 heavy (non-hydrogen) atoms. The molecule has 0 fully saturated rings. The SMILES string of the molecule is COc1ccc(-c2nn(CC(=O)Nc3c(C)cccc3C)c(=O)c3noc(C)c23)cc1. The zero-order valence-corrected chi connectivity index (χ0v) is 17.7. The standard InChI is InChI=1S/C23H22N4O4/c1-13-6-5-7-14(2)20(13)24-18(28)12-27-23(29)22-19(15(3)31-26-22)21(25-27)16-8-10-17(30-4)11-9-16/h5-11H,12H2,1-4H3,(H,24,28). The van der Waals surface area contributed by atoms with Crippen LogP contribution in [0.5, 0.6) is 5.75 Å². The first-order valence-corrected chi connectivity index (χ1v) is 9.76. The van der Waals surface area contributed by atoms with Crippen LogP contribution in [0.4, 0.5) is 5.69 Å². The highest BCUT2D eigenvalue weighted by Gasteiger charge is 2.20. The summed E-state index contributed by atoms with van der Waals surface area (Å²) in [4.78, 5) is 25.7. The van der Waals surface area contributed by atoms with Crippen LogP contribution in [0.3, 0.4) is 0 Å². The first-order chi connectivity index (χ1) is 14.9. The Labute approximate surface area is 178 Å². The molecule has 0 spiro atoms. The van der Waals surface area contributed by atoms with Crippen LogP contribution in [-0.2, 0) is 11.3 Å². The molecule has 2 heterocycles. The number of nitrogens with zero attached hydrogens (tertiary/aromatic N) is 3. The molecule has 8 heteroatoms.